The van der Waals surface area contributed by atoms with Gasteiger partial charge in [0, 0.05) is 31.1 Å². The molecule has 0 heterocycles. The average molecular weight is 886 g/mol. The molecule has 1 fully saturated rings. The fraction of sp³-hybridized carbons (Fsp3) is 0.854. The van der Waals surface area contributed by atoms with Crippen LogP contribution in [0.4, 0.5) is 0 Å². The maximum atomic E-state index is 12.8. The maximum absolute atomic E-state index is 12.8. The van der Waals surface area contributed by atoms with E-state index in [-0.39, 0.29) is 44.2 Å². The lowest BCUT2D eigenvalue weighted by atomic mass is 9.90. The Morgan fingerprint density at radius 2 is 1.31 bits per heavy atom. The molecule has 0 bridgehead atoms. The normalized spacial score (nSPS) is 19.1. The Morgan fingerprint density at radius 1 is 0.770 bits per heavy atom. The summed E-state index contributed by atoms with van der Waals surface area (Å²) in [5.41, 5.74) is 0. The SMILES string of the molecule is CCCCCCCCCCCCCCCCCCCC(=O)OC[C@H](COP(=O)([O-])OCC[N+](C)(C)C)OC(=O)CCC/C=C\C[C@H]1[C@@H](O)CC(=O)[C@@H]1/C=C/[C@@H](O)CCCCC. The van der Waals surface area contributed by atoms with Crippen LogP contribution in [0.3, 0.4) is 0 Å². The summed E-state index contributed by atoms with van der Waals surface area (Å²) < 4.78 is 33.9. The van der Waals surface area contributed by atoms with E-state index in [1.165, 1.54) is 83.5 Å². The number of phosphoric acid groups is 1. The number of hydrogen-bond acceptors (Lipinski definition) is 11. The monoisotopic (exact) mass is 886 g/mol. The van der Waals surface area contributed by atoms with E-state index >= 15 is 0 Å². The van der Waals surface area contributed by atoms with E-state index in [9.17, 15) is 34.1 Å². The highest BCUT2D eigenvalue weighted by Crippen LogP contribution is 2.38. The highest BCUT2D eigenvalue weighted by Gasteiger charge is 2.39. The number of likely N-dealkylation sites (N-methyl/N-ethyl adjacent to an activating group) is 1. The molecule has 61 heavy (non-hydrogen) atoms. The molecule has 0 amide bonds. The first-order valence-corrected chi connectivity index (χ1v) is 25.6. The first-order chi connectivity index (χ1) is 29.2. The van der Waals surface area contributed by atoms with Crippen molar-refractivity contribution in [3.05, 3.63) is 24.3 Å². The van der Waals surface area contributed by atoms with Crippen molar-refractivity contribution in [3.8, 4) is 0 Å². The number of ketones is 1. The molecule has 1 rings (SSSR count). The van der Waals surface area contributed by atoms with Crippen molar-refractivity contribution in [1.29, 1.82) is 0 Å². The Kier molecular flexibility index (Phi) is 33.2. The molecule has 1 aliphatic rings. The molecule has 0 aromatic heterocycles. The molecular formula is C48H88NO11P. The highest BCUT2D eigenvalue weighted by atomic mass is 31.2. The molecule has 0 aliphatic heterocycles. The van der Waals surface area contributed by atoms with Gasteiger partial charge < -0.3 is 38.1 Å². The molecule has 0 saturated heterocycles. The summed E-state index contributed by atoms with van der Waals surface area (Å²) in [6.07, 6.45) is 31.4. The van der Waals surface area contributed by atoms with E-state index in [4.69, 9.17) is 18.5 Å². The van der Waals surface area contributed by atoms with Crippen molar-refractivity contribution >= 4 is 25.5 Å². The second-order valence-electron chi connectivity index (χ2n) is 18.3. The summed E-state index contributed by atoms with van der Waals surface area (Å²) in [6, 6.07) is 0. The van der Waals surface area contributed by atoms with Crippen molar-refractivity contribution in [2.45, 2.75) is 206 Å². The van der Waals surface area contributed by atoms with E-state index in [1.54, 1.807) is 12.2 Å². The minimum Gasteiger partial charge on any atom is -0.756 e. The van der Waals surface area contributed by atoms with Gasteiger partial charge in [-0.1, -0.05) is 160 Å². The Labute approximate surface area is 370 Å². The molecule has 12 nitrogen and oxygen atoms in total. The number of phosphoric ester groups is 1. The number of quaternary nitrogens is 1. The Morgan fingerprint density at radius 3 is 1.89 bits per heavy atom. The lowest BCUT2D eigenvalue weighted by molar-refractivity contribution is -0.870. The third-order valence-corrected chi connectivity index (χ3v) is 12.3. The Balaban J connectivity index is 2.45. The first-order valence-electron chi connectivity index (χ1n) is 24.1. The third kappa shape index (κ3) is 32.4. The van der Waals surface area contributed by atoms with E-state index in [0.29, 0.717) is 43.1 Å². The number of Topliss-reactive ketones (excluding diaryl/α,β-unsaturated/α-hetero) is 1. The molecule has 0 aromatic carbocycles. The van der Waals surface area contributed by atoms with Crippen LogP contribution in [-0.4, -0.2) is 98.2 Å². The lowest BCUT2D eigenvalue weighted by Gasteiger charge is -2.28. The number of esters is 2. The van der Waals surface area contributed by atoms with Crippen LogP contribution >= 0.6 is 7.82 Å². The quantitative estimate of drug-likeness (QED) is 0.0198. The van der Waals surface area contributed by atoms with Crippen LogP contribution in [0.2, 0.25) is 0 Å². The second-order valence-corrected chi connectivity index (χ2v) is 19.7. The van der Waals surface area contributed by atoms with E-state index in [1.807, 2.05) is 33.3 Å². The number of carbonyl (C=O) groups excluding carboxylic acids is 3. The topological polar surface area (TPSA) is 169 Å². The zero-order chi connectivity index (χ0) is 45.2. The van der Waals surface area contributed by atoms with Crippen LogP contribution in [0.5, 0.6) is 0 Å². The van der Waals surface area contributed by atoms with Crippen molar-refractivity contribution in [2.24, 2.45) is 11.8 Å². The molecular weight excluding hydrogens is 797 g/mol. The zero-order valence-electron chi connectivity index (χ0n) is 39.1. The predicted molar refractivity (Wildman–Crippen MR) is 242 cm³/mol. The summed E-state index contributed by atoms with van der Waals surface area (Å²) in [7, 11) is 1.01. The highest BCUT2D eigenvalue weighted by molar-refractivity contribution is 7.45. The summed E-state index contributed by atoms with van der Waals surface area (Å²) in [4.78, 5) is 50.4. The van der Waals surface area contributed by atoms with Gasteiger partial charge in [-0.25, -0.2) is 0 Å². The van der Waals surface area contributed by atoms with Crippen LogP contribution < -0.4 is 4.89 Å². The standard InChI is InChI=1S/C48H88NO11P/c1-6-8-10-11-12-13-14-15-16-17-18-19-20-21-22-23-28-32-47(53)57-39-42(40-59-61(55,56)58-37-36-49(3,4)5)60-48(54)33-29-25-24-27-31-43-44(46(52)38-45(43)51)35-34-41(50)30-26-9-7-2/h24,27,34-35,41-45,50-51H,6-23,25-26,28-33,36-40H2,1-5H3/b27-24-,35-34+/t41-,42+,43+,44+,45-/m0/s1. The summed E-state index contributed by atoms with van der Waals surface area (Å²) in [5.74, 6) is -1.79. The van der Waals surface area contributed by atoms with Crippen molar-refractivity contribution in [3.63, 3.8) is 0 Å². The number of rotatable bonds is 40. The van der Waals surface area contributed by atoms with E-state index in [2.05, 4.69) is 13.8 Å². The summed E-state index contributed by atoms with van der Waals surface area (Å²) in [6.45, 7) is 3.83. The summed E-state index contributed by atoms with van der Waals surface area (Å²) in [5, 5.41) is 20.8. The molecule has 13 heteroatoms. The molecule has 2 N–H and O–H groups in total. The van der Waals surface area contributed by atoms with E-state index < -0.39 is 50.6 Å². The van der Waals surface area contributed by atoms with Crippen molar-refractivity contribution < 1.29 is 57.1 Å². The van der Waals surface area contributed by atoms with Gasteiger partial charge in [-0.15, -0.1) is 0 Å². The van der Waals surface area contributed by atoms with Crippen LogP contribution in [0.15, 0.2) is 24.3 Å². The van der Waals surface area contributed by atoms with E-state index in [0.717, 1.165) is 38.5 Å². The smallest absolute Gasteiger partial charge is 0.306 e. The van der Waals surface area contributed by atoms with Crippen LogP contribution in [-0.2, 0) is 37.5 Å². The number of unbranched alkanes of at least 4 members (excludes halogenated alkanes) is 19. The maximum Gasteiger partial charge on any atom is 0.306 e. The molecule has 0 aromatic rings. The number of nitrogens with zero attached hydrogens (tertiary/aromatic N) is 1. The number of allylic oxidation sites excluding steroid dienone is 3. The molecule has 356 valence electrons. The molecule has 6 atom stereocenters. The minimum absolute atomic E-state index is 0.0330. The lowest BCUT2D eigenvalue weighted by Crippen LogP contribution is -2.37. The molecule has 1 aliphatic carbocycles. The molecule has 1 saturated carbocycles. The fourth-order valence-corrected chi connectivity index (χ4v) is 8.19. The summed E-state index contributed by atoms with van der Waals surface area (Å²) >= 11 is 0. The number of aliphatic hydroxyl groups excluding tert-OH is 2. The van der Waals surface area contributed by atoms with Gasteiger partial charge in [-0.2, -0.15) is 0 Å². The molecule has 0 radical (unpaired) electrons. The van der Waals surface area contributed by atoms with Crippen LogP contribution in [0.25, 0.3) is 0 Å². The number of hydrogen-bond donors (Lipinski definition) is 2. The van der Waals surface area contributed by atoms with Gasteiger partial charge in [0.25, 0.3) is 7.82 Å². The number of ether oxygens (including phenoxy) is 2. The van der Waals surface area contributed by atoms with Crippen LogP contribution in [0.1, 0.15) is 187 Å². The Hall–Kier alpha value is -1.92. The van der Waals surface area contributed by atoms with Crippen molar-refractivity contribution in [2.75, 3.05) is 47.5 Å². The van der Waals surface area contributed by atoms with Gasteiger partial charge in [0.05, 0.1) is 40.0 Å². The third-order valence-electron chi connectivity index (χ3n) is 11.4. The number of carbonyl (C=O) groups is 3. The van der Waals surface area contributed by atoms with Gasteiger partial charge in [0.15, 0.2) is 6.10 Å². The molecule has 0 spiro atoms. The van der Waals surface area contributed by atoms with Gasteiger partial charge in [-0.05, 0) is 32.1 Å². The second kappa shape index (κ2) is 35.4. The Bertz CT molecular complexity index is 1250. The van der Waals surface area contributed by atoms with Crippen LogP contribution in [0, 0.1) is 11.8 Å². The van der Waals surface area contributed by atoms with Gasteiger partial charge in [0.1, 0.15) is 25.5 Å². The first kappa shape index (κ1) is 57.1. The average Bonchev–Trinajstić information content (AvgIpc) is 3.47. The minimum atomic E-state index is -4.70. The fourth-order valence-electron chi connectivity index (χ4n) is 7.46. The number of aliphatic hydroxyl groups is 2. The largest absolute Gasteiger partial charge is 0.756 e. The predicted octanol–water partition coefficient (Wildman–Crippen LogP) is 9.87. The van der Waals surface area contributed by atoms with Crippen molar-refractivity contribution in [1.82, 2.24) is 0 Å². The van der Waals surface area contributed by atoms with Gasteiger partial charge >= 0.3 is 11.9 Å². The van der Waals surface area contributed by atoms with Gasteiger partial charge in [-0.3, -0.25) is 18.9 Å². The zero-order valence-corrected chi connectivity index (χ0v) is 40.0. The van der Waals surface area contributed by atoms with Gasteiger partial charge in [0.2, 0.25) is 0 Å². The molecule has 1 unspecified atom stereocenters.